The Labute approximate surface area is 219 Å². The Kier molecular flexibility index (Phi) is 9.85. The van der Waals surface area contributed by atoms with Crippen molar-refractivity contribution in [2.45, 2.75) is 51.2 Å². The second-order valence-corrected chi connectivity index (χ2v) is 9.72. The van der Waals surface area contributed by atoms with Crippen molar-refractivity contribution in [3.05, 3.63) is 71.4 Å². The van der Waals surface area contributed by atoms with Crippen molar-refractivity contribution < 1.29 is 19.1 Å². The number of carbonyl (C=O) groups is 3. The van der Waals surface area contributed by atoms with E-state index in [-0.39, 0.29) is 23.6 Å². The van der Waals surface area contributed by atoms with Crippen LogP contribution in [0.2, 0.25) is 0 Å². The first-order valence-electron chi connectivity index (χ1n) is 12.7. The summed E-state index contributed by atoms with van der Waals surface area (Å²) in [4.78, 5) is 42.1. The van der Waals surface area contributed by atoms with Gasteiger partial charge in [-0.15, -0.1) is 0 Å². The van der Waals surface area contributed by atoms with Gasteiger partial charge in [-0.3, -0.25) is 19.3 Å². The second kappa shape index (κ2) is 13.1. The molecule has 0 saturated carbocycles. The van der Waals surface area contributed by atoms with E-state index < -0.39 is 18.1 Å². The van der Waals surface area contributed by atoms with Gasteiger partial charge in [0, 0.05) is 19.0 Å². The van der Waals surface area contributed by atoms with Crippen molar-refractivity contribution in [1.29, 1.82) is 0 Å². The smallest absolute Gasteiger partial charge is 0.246 e. The fourth-order valence-electron chi connectivity index (χ4n) is 4.37. The molecule has 0 unspecified atom stereocenters. The molecule has 0 saturated heterocycles. The van der Waals surface area contributed by atoms with Crippen molar-refractivity contribution in [2.24, 2.45) is 5.92 Å². The molecule has 3 N–H and O–H groups in total. The molecular formula is C29H38N4O4. The van der Waals surface area contributed by atoms with Crippen LogP contribution in [0.4, 0.5) is 0 Å². The number of hydrogen-bond acceptors (Lipinski definition) is 5. The number of likely N-dealkylation sites (N-methyl/N-ethyl adjacent to an activating group) is 1. The van der Waals surface area contributed by atoms with E-state index in [0.29, 0.717) is 25.0 Å². The standard InChI is InChI=1S/C29H38N4O4/c1-6-19(2)26-29(36)31-23(17-20-10-8-7-9-11-20)27(34)30-15-14-21-12-13-25(37-5)22(16-21)18-24(33(3)4)28(35)32-26/h7-16,19,23-24,26H,6,17-18H2,1-5H3,(H,30,34)(H,31,36)(H,32,35)/t19-,23-,24-,26-/m0/s1. The lowest BCUT2D eigenvalue weighted by Gasteiger charge is -2.30. The molecule has 198 valence electrons. The SMILES string of the molecule is CC[C@H](C)[C@@H]1NC(=O)[C@@H](N(C)C)Cc2cc(ccc2OC)C=CNC(=O)[C@H](Cc2ccccc2)NC1=O. The van der Waals surface area contributed by atoms with E-state index in [2.05, 4.69) is 16.0 Å². The molecule has 1 aliphatic rings. The monoisotopic (exact) mass is 506 g/mol. The quantitative estimate of drug-likeness (QED) is 0.559. The second-order valence-electron chi connectivity index (χ2n) is 9.72. The van der Waals surface area contributed by atoms with E-state index in [1.807, 2.05) is 81.4 Å². The minimum absolute atomic E-state index is 0.138. The van der Waals surface area contributed by atoms with Crippen LogP contribution >= 0.6 is 0 Å². The largest absolute Gasteiger partial charge is 0.496 e. The first kappa shape index (κ1) is 27.9. The van der Waals surface area contributed by atoms with Crippen LogP contribution in [0.25, 0.3) is 6.08 Å². The molecule has 3 rings (SSSR count). The van der Waals surface area contributed by atoms with Gasteiger partial charge in [-0.2, -0.15) is 0 Å². The van der Waals surface area contributed by atoms with Crippen LogP contribution in [0.1, 0.15) is 37.0 Å². The van der Waals surface area contributed by atoms with Crippen LogP contribution in [-0.2, 0) is 27.2 Å². The number of hydrogen-bond donors (Lipinski definition) is 3. The Hall–Kier alpha value is -3.65. The maximum atomic E-state index is 13.5. The topological polar surface area (TPSA) is 99.8 Å². The maximum Gasteiger partial charge on any atom is 0.246 e. The van der Waals surface area contributed by atoms with Gasteiger partial charge in [-0.1, -0.05) is 56.7 Å². The lowest BCUT2D eigenvalue weighted by Crippen LogP contribution is -2.58. The van der Waals surface area contributed by atoms with Crippen LogP contribution in [-0.4, -0.2) is 62.0 Å². The average Bonchev–Trinajstić information content (AvgIpc) is 2.89. The van der Waals surface area contributed by atoms with Crippen molar-refractivity contribution >= 4 is 23.8 Å². The van der Waals surface area contributed by atoms with Gasteiger partial charge in [-0.25, -0.2) is 0 Å². The summed E-state index contributed by atoms with van der Waals surface area (Å²) in [6.45, 7) is 3.89. The van der Waals surface area contributed by atoms with E-state index in [1.54, 1.807) is 19.4 Å². The number of carbonyl (C=O) groups excluding carboxylic acids is 3. The molecule has 2 bridgehead atoms. The summed E-state index contributed by atoms with van der Waals surface area (Å²) in [7, 11) is 5.27. The lowest BCUT2D eigenvalue weighted by molar-refractivity contribution is -0.134. The van der Waals surface area contributed by atoms with Crippen LogP contribution < -0.4 is 20.7 Å². The summed E-state index contributed by atoms with van der Waals surface area (Å²) in [5.74, 6) is -0.442. The molecule has 0 spiro atoms. The highest BCUT2D eigenvalue weighted by Crippen LogP contribution is 2.23. The van der Waals surface area contributed by atoms with Gasteiger partial charge in [0.05, 0.1) is 13.2 Å². The molecule has 0 aromatic heterocycles. The number of benzene rings is 2. The van der Waals surface area contributed by atoms with Crippen molar-refractivity contribution in [3.8, 4) is 5.75 Å². The highest BCUT2D eigenvalue weighted by atomic mass is 16.5. The third-order valence-corrected chi connectivity index (χ3v) is 6.85. The number of methoxy groups -OCH3 is 1. The van der Waals surface area contributed by atoms with Gasteiger partial charge in [0.25, 0.3) is 0 Å². The van der Waals surface area contributed by atoms with Crippen molar-refractivity contribution in [2.75, 3.05) is 21.2 Å². The average molecular weight is 507 g/mol. The number of ether oxygens (including phenoxy) is 1. The molecule has 37 heavy (non-hydrogen) atoms. The summed E-state index contributed by atoms with van der Waals surface area (Å²) < 4.78 is 5.55. The zero-order valence-corrected chi connectivity index (χ0v) is 22.3. The maximum absolute atomic E-state index is 13.5. The summed E-state index contributed by atoms with van der Waals surface area (Å²) in [6.07, 6.45) is 4.76. The number of nitrogens with one attached hydrogen (secondary N) is 3. The Bertz CT molecular complexity index is 1120. The number of amides is 3. The summed E-state index contributed by atoms with van der Waals surface area (Å²) in [5.41, 5.74) is 2.62. The molecule has 8 nitrogen and oxygen atoms in total. The number of nitrogens with zero attached hydrogens (tertiary/aromatic N) is 1. The zero-order valence-electron chi connectivity index (χ0n) is 22.3. The van der Waals surface area contributed by atoms with Crippen molar-refractivity contribution in [1.82, 2.24) is 20.9 Å². The summed E-state index contributed by atoms with van der Waals surface area (Å²) >= 11 is 0. The van der Waals surface area contributed by atoms with Gasteiger partial charge in [-0.05, 0) is 54.9 Å². The molecule has 8 heteroatoms. The van der Waals surface area contributed by atoms with Gasteiger partial charge >= 0.3 is 0 Å². The minimum Gasteiger partial charge on any atom is -0.496 e. The van der Waals surface area contributed by atoms with Gasteiger partial charge in [0.2, 0.25) is 17.7 Å². The molecule has 1 heterocycles. The predicted molar refractivity (Wildman–Crippen MR) is 145 cm³/mol. The Morgan fingerprint density at radius 2 is 1.73 bits per heavy atom. The van der Waals surface area contributed by atoms with E-state index in [0.717, 1.165) is 16.7 Å². The van der Waals surface area contributed by atoms with Gasteiger partial charge in [0.15, 0.2) is 0 Å². The fraction of sp³-hybridized carbons (Fsp3) is 0.414. The summed E-state index contributed by atoms with van der Waals surface area (Å²) in [6, 6.07) is 13.1. The fourth-order valence-corrected chi connectivity index (χ4v) is 4.37. The normalized spacial score (nSPS) is 21.8. The van der Waals surface area contributed by atoms with Crippen LogP contribution in [0.15, 0.2) is 54.7 Å². The third kappa shape index (κ3) is 7.43. The molecule has 0 fully saturated rings. The van der Waals surface area contributed by atoms with Crippen LogP contribution in [0.5, 0.6) is 5.75 Å². The molecule has 1 aliphatic heterocycles. The number of rotatable bonds is 6. The highest BCUT2D eigenvalue weighted by molar-refractivity contribution is 5.94. The molecule has 2 aromatic carbocycles. The van der Waals surface area contributed by atoms with E-state index in [4.69, 9.17) is 4.74 Å². The van der Waals surface area contributed by atoms with Gasteiger partial charge in [0.1, 0.15) is 17.8 Å². The third-order valence-electron chi connectivity index (χ3n) is 6.85. The Morgan fingerprint density at radius 1 is 1.00 bits per heavy atom. The highest BCUT2D eigenvalue weighted by Gasteiger charge is 2.33. The van der Waals surface area contributed by atoms with Crippen LogP contribution in [0.3, 0.4) is 0 Å². The number of fused-ring (bicyclic) bond motifs is 2. The van der Waals surface area contributed by atoms with E-state index in [1.165, 1.54) is 0 Å². The molecule has 2 aromatic rings. The van der Waals surface area contributed by atoms with Gasteiger partial charge < -0.3 is 20.7 Å². The van der Waals surface area contributed by atoms with E-state index in [9.17, 15) is 14.4 Å². The predicted octanol–water partition coefficient (Wildman–Crippen LogP) is 2.53. The molecule has 0 radical (unpaired) electrons. The molecule has 3 amide bonds. The Balaban J connectivity index is 2.03. The first-order chi connectivity index (χ1) is 17.7. The minimum atomic E-state index is -0.816. The molecule has 0 aliphatic carbocycles. The van der Waals surface area contributed by atoms with E-state index >= 15 is 0 Å². The molecule has 4 atom stereocenters. The summed E-state index contributed by atoms with van der Waals surface area (Å²) in [5, 5.41) is 8.70. The lowest BCUT2D eigenvalue weighted by atomic mass is 9.95. The van der Waals surface area contributed by atoms with Crippen LogP contribution in [0, 0.1) is 5.92 Å². The molecular weight excluding hydrogens is 468 g/mol. The Morgan fingerprint density at radius 3 is 2.38 bits per heavy atom. The zero-order chi connectivity index (χ0) is 26.9. The van der Waals surface area contributed by atoms with Crippen molar-refractivity contribution in [3.63, 3.8) is 0 Å². The first-order valence-corrected chi connectivity index (χ1v) is 12.7.